The molecule has 0 bridgehead atoms. The molecule has 152 valence electrons. The highest BCUT2D eigenvalue weighted by Gasteiger charge is 2.28. The maximum absolute atomic E-state index is 12.5. The highest BCUT2D eigenvalue weighted by molar-refractivity contribution is 8.00. The minimum Gasteiger partial charge on any atom is -0.507 e. The Bertz CT molecular complexity index is 1270. The van der Waals surface area contributed by atoms with Crippen molar-refractivity contribution in [2.45, 2.75) is 5.25 Å². The normalized spacial score (nSPS) is 12.8. The van der Waals surface area contributed by atoms with E-state index in [1.807, 2.05) is 54.6 Å². The fraction of sp³-hybridized carbons (Fsp3) is 0.0769. The van der Waals surface area contributed by atoms with E-state index in [-0.39, 0.29) is 22.7 Å². The third-order valence-corrected chi connectivity index (χ3v) is 6.76. The van der Waals surface area contributed by atoms with Gasteiger partial charge in [0, 0.05) is 5.56 Å². The number of nitrogens with zero attached hydrogens (tertiary/aromatic N) is 1. The monoisotopic (exact) mass is 424 g/mol. The van der Waals surface area contributed by atoms with E-state index >= 15 is 0 Å². The third-order valence-electron chi connectivity index (χ3n) is 5.49. The van der Waals surface area contributed by atoms with E-state index in [2.05, 4.69) is 34.8 Å². The number of carbonyl (C=O) groups excluding carboxylic acids is 1. The molecule has 0 radical (unpaired) electrons. The summed E-state index contributed by atoms with van der Waals surface area (Å²) in [6, 6.07) is 27.9. The summed E-state index contributed by atoms with van der Waals surface area (Å²) < 4.78 is 0. The van der Waals surface area contributed by atoms with Crippen LogP contribution in [0.2, 0.25) is 0 Å². The van der Waals surface area contributed by atoms with E-state index in [0.717, 1.165) is 10.8 Å². The molecule has 1 aliphatic rings. The summed E-state index contributed by atoms with van der Waals surface area (Å²) in [6.07, 6.45) is 1.50. The van der Waals surface area contributed by atoms with Crippen LogP contribution in [0.5, 0.6) is 5.75 Å². The van der Waals surface area contributed by atoms with Crippen LogP contribution in [0.3, 0.4) is 0 Å². The van der Waals surface area contributed by atoms with Gasteiger partial charge in [-0.3, -0.25) is 4.79 Å². The van der Waals surface area contributed by atoms with Crippen molar-refractivity contribution in [1.29, 1.82) is 0 Å². The smallest absolute Gasteiger partial charge is 0.250 e. The fourth-order valence-corrected chi connectivity index (χ4v) is 5.22. The summed E-state index contributed by atoms with van der Waals surface area (Å²) in [6.45, 7) is 0. The quantitative estimate of drug-likeness (QED) is 0.329. The molecular formula is C26H20N2O2S. The van der Waals surface area contributed by atoms with Gasteiger partial charge >= 0.3 is 0 Å². The van der Waals surface area contributed by atoms with Crippen molar-refractivity contribution < 1.29 is 9.90 Å². The first-order valence-electron chi connectivity index (χ1n) is 10.0. The van der Waals surface area contributed by atoms with Crippen molar-refractivity contribution in [2.75, 3.05) is 5.75 Å². The number of thioether (sulfide) groups is 1. The molecule has 0 spiro atoms. The lowest BCUT2D eigenvalue weighted by Crippen LogP contribution is -2.20. The number of aromatic hydroxyl groups is 1. The number of hydrazone groups is 1. The highest BCUT2D eigenvalue weighted by Crippen LogP contribution is 2.49. The van der Waals surface area contributed by atoms with Crippen molar-refractivity contribution in [1.82, 2.24) is 5.43 Å². The summed E-state index contributed by atoms with van der Waals surface area (Å²) >= 11 is 1.59. The number of benzene rings is 4. The zero-order chi connectivity index (χ0) is 21.2. The Morgan fingerprint density at radius 2 is 1.55 bits per heavy atom. The molecule has 2 N–H and O–H groups in total. The van der Waals surface area contributed by atoms with Crippen molar-refractivity contribution in [3.63, 3.8) is 0 Å². The van der Waals surface area contributed by atoms with E-state index in [0.29, 0.717) is 5.56 Å². The number of hydrogen-bond acceptors (Lipinski definition) is 4. The van der Waals surface area contributed by atoms with E-state index < -0.39 is 0 Å². The van der Waals surface area contributed by atoms with Gasteiger partial charge in [-0.2, -0.15) is 5.10 Å². The van der Waals surface area contributed by atoms with Crippen LogP contribution in [0.15, 0.2) is 90.0 Å². The van der Waals surface area contributed by atoms with Gasteiger partial charge in [0.2, 0.25) is 5.91 Å². The van der Waals surface area contributed by atoms with Crippen molar-refractivity contribution in [2.24, 2.45) is 5.10 Å². The van der Waals surface area contributed by atoms with Crippen LogP contribution < -0.4 is 5.43 Å². The Morgan fingerprint density at radius 3 is 2.29 bits per heavy atom. The molecule has 0 unspecified atom stereocenters. The number of hydrogen-bond donors (Lipinski definition) is 2. The van der Waals surface area contributed by atoms with Gasteiger partial charge in [-0.1, -0.05) is 78.9 Å². The molecule has 4 aromatic rings. The van der Waals surface area contributed by atoms with E-state index in [4.69, 9.17) is 0 Å². The number of amides is 1. The first kappa shape index (κ1) is 19.4. The summed E-state index contributed by atoms with van der Waals surface area (Å²) in [7, 11) is 0. The molecule has 5 rings (SSSR count). The first-order chi connectivity index (χ1) is 15.2. The maximum atomic E-state index is 12.5. The Morgan fingerprint density at radius 1 is 0.903 bits per heavy atom. The average Bonchev–Trinajstić information content (AvgIpc) is 3.13. The molecule has 5 heteroatoms. The number of nitrogens with one attached hydrogen (secondary N) is 1. The van der Waals surface area contributed by atoms with Gasteiger partial charge in [-0.25, -0.2) is 5.43 Å². The number of carbonyl (C=O) groups is 1. The zero-order valence-electron chi connectivity index (χ0n) is 16.7. The summed E-state index contributed by atoms with van der Waals surface area (Å²) in [4.78, 5) is 12.5. The molecule has 4 aromatic carbocycles. The molecule has 0 atom stereocenters. The molecule has 0 aromatic heterocycles. The predicted octanol–water partition coefficient (Wildman–Crippen LogP) is 5.50. The van der Waals surface area contributed by atoms with Crippen molar-refractivity contribution >= 4 is 34.7 Å². The van der Waals surface area contributed by atoms with Crippen LogP contribution in [-0.2, 0) is 4.79 Å². The summed E-state index contributed by atoms with van der Waals surface area (Å²) in [5, 5.41) is 16.3. The molecule has 0 saturated heterocycles. The van der Waals surface area contributed by atoms with Gasteiger partial charge in [0.05, 0.1) is 17.2 Å². The fourth-order valence-electron chi connectivity index (χ4n) is 4.07. The summed E-state index contributed by atoms with van der Waals surface area (Å²) in [5.41, 5.74) is 8.14. The standard InChI is InChI=1S/C26H20N2O2S/c29-24-14-13-17-7-1-2-8-18(17)23(24)15-27-28-25(30)16-31-26-21-11-5-3-9-19(21)20-10-4-6-12-22(20)26/h1-15,26,29H,16H2,(H,28,30)/b27-15+. The predicted molar refractivity (Wildman–Crippen MR) is 128 cm³/mol. The molecule has 4 nitrogen and oxygen atoms in total. The molecule has 0 saturated carbocycles. The Hall–Kier alpha value is -3.57. The van der Waals surface area contributed by atoms with E-state index in [9.17, 15) is 9.90 Å². The minimum atomic E-state index is -0.178. The number of phenolic OH excluding ortho intramolecular Hbond substituents is 1. The van der Waals surface area contributed by atoms with Crippen LogP contribution in [0, 0.1) is 0 Å². The van der Waals surface area contributed by atoms with E-state index in [1.54, 1.807) is 17.8 Å². The second-order valence-electron chi connectivity index (χ2n) is 7.38. The van der Waals surface area contributed by atoms with Gasteiger partial charge in [-0.15, -0.1) is 11.8 Å². The molecule has 1 amide bonds. The third kappa shape index (κ3) is 3.68. The second-order valence-corrected chi connectivity index (χ2v) is 8.47. The van der Waals surface area contributed by atoms with Gasteiger partial charge in [-0.05, 0) is 39.1 Å². The van der Waals surface area contributed by atoms with Crippen molar-refractivity contribution in [3.05, 3.63) is 102 Å². The maximum Gasteiger partial charge on any atom is 0.250 e. The zero-order valence-corrected chi connectivity index (χ0v) is 17.5. The van der Waals surface area contributed by atoms with Gasteiger partial charge in [0.1, 0.15) is 5.75 Å². The average molecular weight is 425 g/mol. The molecule has 0 fully saturated rings. The molecule has 31 heavy (non-hydrogen) atoms. The van der Waals surface area contributed by atoms with Gasteiger partial charge in [0.15, 0.2) is 0 Å². The van der Waals surface area contributed by atoms with Crippen LogP contribution in [0.25, 0.3) is 21.9 Å². The first-order valence-corrected chi connectivity index (χ1v) is 11.1. The molecule has 0 heterocycles. The van der Waals surface area contributed by atoms with Crippen LogP contribution >= 0.6 is 11.8 Å². The van der Waals surface area contributed by atoms with Crippen LogP contribution in [-0.4, -0.2) is 23.0 Å². The topological polar surface area (TPSA) is 61.7 Å². The lowest BCUT2D eigenvalue weighted by molar-refractivity contribution is -0.118. The van der Waals surface area contributed by atoms with Crippen molar-refractivity contribution in [3.8, 4) is 16.9 Å². The van der Waals surface area contributed by atoms with Crippen LogP contribution in [0.1, 0.15) is 21.9 Å². The van der Waals surface area contributed by atoms with Gasteiger partial charge in [0.25, 0.3) is 0 Å². The number of fused-ring (bicyclic) bond motifs is 4. The van der Waals surface area contributed by atoms with Gasteiger partial charge < -0.3 is 5.11 Å². The minimum absolute atomic E-state index is 0.129. The van der Waals surface area contributed by atoms with E-state index in [1.165, 1.54) is 28.5 Å². The largest absolute Gasteiger partial charge is 0.507 e. The number of phenols is 1. The van der Waals surface area contributed by atoms with Crippen LogP contribution in [0.4, 0.5) is 0 Å². The SMILES string of the molecule is O=C(CSC1c2ccccc2-c2ccccc21)N/N=C/c1c(O)ccc2ccccc12. The highest BCUT2D eigenvalue weighted by atomic mass is 32.2. The second kappa shape index (κ2) is 8.28. The number of rotatable bonds is 5. The molecule has 0 aliphatic heterocycles. The lowest BCUT2D eigenvalue weighted by atomic mass is 10.0. The summed E-state index contributed by atoms with van der Waals surface area (Å²) in [5.74, 6) is 0.236. The Kier molecular flexibility index (Phi) is 5.18. The molecule has 1 aliphatic carbocycles. The molecular weight excluding hydrogens is 404 g/mol. The Balaban J connectivity index is 1.28. The lowest BCUT2D eigenvalue weighted by Gasteiger charge is -2.12. The Labute approximate surface area is 184 Å².